The second kappa shape index (κ2) is 9.67. The largest absolute Gasteiger partial charge is 0.488 e. The smallest absolute Gasteiger partial charge is 0.407 e. The Morgan fingerprint density at radius 1 is 0.912 bits per heavy atom. The number of hydrogen-bond donors (Lipinski definition) is 1. The number of halogens is 1. The van der Waals surface area contributed by atoms with Gasteiger partial charge in [-0.3, -0.25) is 4.79 Å². The minimum Gasteiger partial charge on any atom is -0.488 e. The van der Waals surface area contributed by atoms with Gasteiger partial charge in [-0.05, 0) is 60.7 Å². The van der Waals surface area contributed by atoms with Crippen molar-refractivity contribution < 1.29 is 23.5 Å². The summed E-state index contributed by atoms with van der Waals surface area (Å²) in [7, 11) is 0. The zero-order chi connectivity index (χ0) is 24.3. The SMILES string of the molecule is CC(C)(C)Oc1ccc(CC(NC(=O)OCC2c3ccccc3-c3ccccc32)C(=O)F)cc1. The second-order valence-electron chi connectivity index (χ2n) is 9.39. The van der Waals surface area contributed by atoms with Crippen LogP contribution in [0.25, 0.3) is 11.1 Å². The Morgan fingerprint density at radius 3 is 2.00 bits per heavy atom. The van der Waals surface area contributed by atoms with Crippen LogP contribution in [0.3, 0.4) is 0 Å². The summed E-state index contributed by atoms with van der Waals surface area (Å²) in [5, 5.41) is 2.37. The highest BCUT2D eigenvalue weighted by molar-refractivity contribution is 5.81. The Hall–Kier alpha value is -3.67. The van der Waals surface area contributed by atoms with E-state index in [4.69, 9.17) is 9.47 Å². The molecule has 34 heavy (non-hydrogen) atoms. The van der Waals surface area contributed by atoms with Gasteiger partial charge in [-0.1, -0.05) is 60.7 Å². The Morgan fingerprint density at radius 2 is 1.47 bits per heavy atom. The Kier molecular flexibility index (Phi) is 6.68. The Bertz CT molecular complexity index is 1140. The molecule has 1 aliphatic carbocycles. The van der Waals surface area contributed by atoms with Gasteiger partial charge < -0.3 is 14.8 Å². The average Bonchev–Trinajstić information content (AvgIpc) is 3.11. The van der Waals surface area contributed by atoms with E-state index in [-0.39, 0.29) is 24.5 Å². The standard InChI is InChI=1S/C28H28FNO4/c1-28(2,3)34-19-14-12-18(13-15-19)16-25(26(29)31)30-27(32)33-17-24-22-10-6-4-8-20(22)21-9-5-7-11-23(21)24/h4-15,24-25H,16-17H2,1-3H3,(H,30,32). The van der Waals surface area contributed by atoms with Crippen molar-refractivity contribution in [2.24, 2.45) is 0 Å². The Balaban J connectivity index is 1.38. The van der Waals surface area contributed by atoms with E-state index in [2.05, 4.69) is 5.32 Å². The van der Waals surface area contributed by atoms with E-state index in [0.29, 0.717) is 11.3 Å². The summed E-state index contributed by atoms with van der Waals surface area (Å²) in [6, 6.07) is 20.0. The number of hydrogen-bond acceptors (Lipinski definition) is 4. The molecule has 176 valence electrons. The summed E-state index contributed by atoms with van der Waals surface area (Å²) >= 11 is 0. The third kappa shape index (κ3) is 5.45. The predicted octanol–water partition coefficient (Wildman–Crippen LogP) is 5.81. The maximum absolute atomic E-state index is 13.7. The maximum atomic E-state index is 13.7. The van der Waals surface area contributed by atoms with E-state index in [1.165, 1.54) is 0 Å². The highest BCUT2D eigenvalue weighted by Crippen LogP contribution is 2.44. The van der Waals surface area contributed by atoms with Crippen LogP contribution in [0, 0.1) is 0 Å². The van der Waals surface area contributed by atoms with E-state index >= 15 is 0 Å². The fraction of sp³-hybridized carbons (Fsp3) is 0.286. The van der Waals surface area contributed by atoms with E-state index in [1.807, 2.05) is 69.3 Å². The molecule has 0 aliphatic heterocycles. The van der Waals surface area contributed by atoms with Gasteiger partial charge in [-0.25, -0.2) is 4.79 Å². The molecule has 0 aromatic heterocycles. The first-order chi connectivity index (χ1) is 16.2. The minimum absolute atomic E-state index is 0.00925. The van der Waals surface area contributed by atoms with Crippen LogP contribution in [0.1, 0.15) is 43.4 Å². The number of fused-ring (bicyclic) bond motifs is 3. The fourth-order valence-electron chi connectivity index (χ4n) is 4.25. The third-order valence-electron chi connectivity index (χ3n) is 5.70. The lowest BCUT2D eigenvalue weighted by Crippen LogP contribution is -2.41. The second-order valence-corrected chi connectivity index (χ2v) is 9.39. The lowest BCUT2D eigenvalue weighted by atomic mass is 9.98. The van der Waals surface area contributed by atoms with Crippen molar-refractivity contribution >= 4 is 12.1 Å². The molecule has 1 unspecified atom stereocenters. The van der Waals surface area contributed by atoms with E-state index < -0.39 is 18.2 Å². The first-order valence-electron chi connectivity index (χ1n) is 11.3. The van der Waals surface area contributed by atoms with Crippen molar-refractivity contribution in [3.8, 4) is 16.9 Å². The number of alkyl carbamates (subject to hydrolysis) is 1. The van der Waals surface area contributed by atoms with Crippen LogP contribution < -0.4 is 10.1 Å². The van der Waals surface area contributed by atoms with E-state index in [0.717, 1.165) is 22.3 Å². The van der Waals surface area contributed by atoms with Crippen LogP contribution in [-0.2, 0) is 16.0 Å². The minimum atomic E-state index is -1.62. The van der Waals surface area contributed by atoms with Crippen molar-refractivity contribution in [1.29, 1.82) is 0 Å². The molecular formula is C28H28FNO4. The number of rotatable bonds is 7. The molecule has 0 fully saturated rings. The Labute approximate surface area is 198 Å². The number of amides is 1. The molecule has 1 atom stereocenters. The van der Waals surface area contributed by atoms with Gasteiger partial charge in [0.2, 0.25) is 0 Å². The highest BCUT2D eigenvalue weighted by Gasteiger charge is 2.30. The van der Waals surface area contributed by atoms with Gasteiger partial charge in [-0.15, -0.1) is 0 Å². The van der Waals surface area contributed by atoms with Crippen LogP contribution in [0.2, 0.25) is 0 Å². The van der Waals surface area contributed by atoms with Crippen LogP contribution >= 0.6 is 0 Å². The predicted molar refractivity (Wildman–Crippen MR) is 129 cm³/mol. The van der Waals surface area contributed by atoms with Crippen LogP contribution in [0.15, 0.2) is 72.8 Å². The average molecular weight is 462 g/mol. The molecule has 1 aliphatic rings. The molecule has 0 spiro atoms. The van der Waals surface area contributed by atoms with Gasteiger partial charge in [0.25, 0.3) is 0 Å². The van der Waals surface area contributed by atoms with Gasteiger partial charge in [0.15, 0.2) is 0 Å². The highest BCUT2D eigenvalue weighted by atomic mass is 19.1. The number of benzene rings is 3. The molecule has 0 heterocycles. The molecule has 1 amide bonds. The molecule has 4 rings (SSSR count). The molecule has 0 bridgehead atoms. The van der Waals surface area contributed by atoms with E-state index in [1.54, 1.807) is 24.3 Å². The molecule has 1 N–H and O–H groups in total. The van der Waals surface area contributed by atoms with Gasteiger partial charge in [0.1, 0.15) is 24.0 Å². The molecular weight excluding hydrogens is 433 g/mol. The number of carbonyl (C=O) groups excluding carboxylic acids is 2. The molecule has 3 aromatic carbocycles. The van der Waals surface area contributed by atoms with Gasteiger partial charge in [-0.2, -0.15) is 4.39 Å². The first-order valence-corrected chi connectivity index (χ1v) is 11.3. The maximum Gasteiger partial charge on any atom is 0.407 e. The normalized spacial score (nSPS) is 13.5. The topological polar surface area (TPSA) is 64.6 Å². The third-order valence-corrected chi connectivity index (χ3v) is 5.70. The zero-order valence-corrected chi connectivity index (χ0v) is 19.5. The van der Waals surface area contributed by atoms with Gasteiger partial charge in [0, 0.05) is 12.3 Å². The van der Waals surface area contributed by atoms with Gasteiger partial charge >= 0.3 is 12.1 Å². The van der Waals surface area contributed by atoms with E-state index in [9.17, 15) is 14.0 Å². The fourth-order valence-corrected chi connectivity index (χ4v) is 4.25. The summed E-state index contributed by atoms with van der Waals surface area (Å²) in [6.07, 6.45) is -0.819. The monoisotopic (exact) mass is 461 g/mol. The summed E-state index contributed by atoms with van der Waals surface area (Å²) in [5.74, 6) is 0.553. The van der Waals surface area contributed by atoms with Gasteiger partial charge in [0.05, 0.1) is 0 Å². The van der Waals surface area contributed by atoms with Crippen molar-refractivity contribution in [2.45, 2.75) is 44.8 Å². The van der Waals surface area contributed by atoms with Crippen molar-refractivity contribution in [1.82, 2.24) is 5.32 Å². The first kappa shape index (κ1) is 23.5. The number of carbonyl (C=O) groups is 2. The summed E-state index contributed by atoms with van der Waals surface area (Å²) in [5.41, 5.74) is 4.73. The molecule has 6 heteroatoms. The zero-order valence-electron chi connectivity index (χ0n) is 19.5. The van der Waals surface area contributed by atoms with Crippen molar-refractivity contribution in [3.63, 3.8) is 0 Å². The summed E-state index contributed by atoms with van der Waals surface area (Å²) in [4.78, 5) is 24.0. The quantitative estimate of drug-likeness (QED) is 0.451. The molecule has 0 radical (unpaired) electrons. The summed E-state index contributed by atoms with van der Waals surface area (Å²) in [6.45, 7) is 5.91. The molecule has 3 aromatic rings. The number of ether oxygens (including phenoxy) is 2. The van der Waals surface area contributed by atoms with Crippen LogP contribution in [0.4, 0.5) is 9.18 Å². The molecule has 0 saturated heterocycles. The summed E-state index contributed by atoms with van der Waals surface area (Å²) < 4.78 is 24.9. The van der Waals surface area contributed by atoms with Crippen molar-refractivity contribution in [2.75, 3.05) is 6.61 Å². The number of nitrogens with one attached hydrogen (secondary N) is 1. The van der Waals surface area contributed by atoms with Crippen molar-refractivity contribution in [3.05, 3.63) is 89.5 Å². The lowest BCUT2D eigenvalue weighted by molar-refractivity contribution is -0.131. The molecule has 5 nitrogen and oxygen atoms in total. The molecule has 0 saturated carbocycles. The van der Waals surface area contributed by atoms with Crippen LogP contribution in [-0.4, -0.2) is 30.4 Å². The lowest BCUT2D eigenvalue weighted by Gasteiger charge is -2.21. The van der Waals surface area contributed by atoms with Crippen LogP contribution in [0.5, 0.6) is 5.75 Å².